The summed E-state index contributed by atoms with van der Waals surface area (Å²) in [4.78, 5) is 26.6. The average Bonchev–Trinajstić information content (AvgIpc) is 2.97. The van der Waals surface area contributed by atoms with E-state index in [1.807, 2.05) is 0 Å². The number of carboxylic acids is 1. The number of amides is 1. The van der Waals surface area contributed by atoms with Gasteiger partial charge in [0.1, 0.15) is 0 Å². The maximum Gasteiger partial charge on any atom is 0.337 e. The molecule has 1 aromatic carbocycles. The van der Waals surface area contributed by atoms with E-state index in [0.717, 1.165) is 6.42 Å². The van der Waals surface area contributed by atoms with Crippen molar-refractivity contribution in [3.8, 4) is 0 Å². The highest BCUT2D eigenvalue weighted by atomic mass is 16.4. The quantitative estimate of drug-likeness (QED) is 0.861. The van der Waals surface area contributed by atoms with E-state index >= 15 is 0 Å². The van der Waals surface area contributed by atoms with Crippen LogP contribution in [0.1, 0.15) is 23.2 Å². The summed E-state index contributed by atoms with van der Waals surface area (Å²) in [6.07, 6.45) is 2.93. The Labute approximate surface area is 109 Å². The molecule has 1 aromatic heterocycles. The van der Waals surface area contributed by atoms with Crippen LogP contribution < -0.4 is 5.32 Å². The SMILES string of the molecule is O=C1CCC(Cn2cnc3cccc(C(=O)O)c32)N1. The van der Waals surface area contributed by atoms with Gasteiger partial charge in [0.05, 0.1) is 22.9 Å². The Morgan fingerprint density at radius 3 is 3.05 bits per heavy atom. The molecule has 6 nitrogen and oxygen atoms in total. The van der Waals surface area contributed by atoms with E-state index in [9.17, 15) is 14.7 Å². The number of nitrogens with one attached hydrogen (secondary N) is 1. The fourth-order valence-corrected chi connectivity index (χ4v) is 2.49. The molecule has 19 heavy (non-hydrogen) atoms. The van der Waals surface area contributed by atoms with Crippen molar-refractivity contribution in [2.45, 2.75) is 25.4 Å². The molecule has 1 amide bonds. The highest BCUT2D eigenvalue weighted by molar-refractivity contribution is 6.01. The zero-order valence-corrected chi connectivity index (χ0v) is 10.2. The maximum atomic E-state index is 11.2. The molecule has 1 aliphatic rings. The summed E-state index contributed by atoms with van der Waals surface area (Å²) in [6.45, 7) is 0.548. The third-order valence-electron chi connectivity index (χ3n) is 3.37. The van der Waals surface area contributed by atoms with Gasteiger partial charge in [-0.05, 0) is 18.6 Å². The van der Waals surface area contributed by atoms with Gasteiger partial charge in [0.15, 0.2) is 0 Å². The molecule has 2 heterocycles. The third kappa shape index (κ3) is 2.05. The summed E-state index contributed by atoms with van der Waals surface area (Å²) >= 11 is 0. The van der Waals surface area contributed by atoms with Gasteiger partial charge in [-0.1, -0.05) is 6.07 Å². The van der Waals surface area contributed by atoms with Crippen LogP contribution in [0.2, 0.25) is 0 Å². The molecule has 1 unspecified atom stereocenters. The zero-order chi connectivity index (χ0) is 13.4. The van der Waals surface area contributed by atoms with Crippen LogP contribution in [0.15, 0.2) is 24.5 Å². The molecule has 6 heteroatoms. The van der Waals surface area contributed by atoms with E-state index in [4.69, 9.17) is 0 Å². The van der Waals surface area contributed by atoms with Crippen LogP contribution in [0.5, 0.6) is 0 Å². The number of benzene rings is 1. The first-order valence-electron chi connectivity index (χ1n) is 6.11. The van der Waals surface area contributed by atoms with Gasteiger partial charge in [0.2, 0.25) is 5.91 Å². The van der Waals surface area contributed by atoms with Gasteiger partial charge in [0, 0.05) is 19.0 Å². The van der Waals surface area contributed by atoms with Crippen LogP contribution in [0.4, 0.5) is 0 Å². The Balaban J connectivity index is 1.99. The van der Waals surface area contributed by atoms with Crippen LogP contribution in [0.25, 0.3) is 11.0 Å². The lowest BCUT2D eigenvalue weighted by molar-refractivity contribution is -0.119. The minimum Gasteiger partial charge on any atom is -0.478 e. The highest BCUT2D eigenvalue weighted by Gasteiger charge is 2.22. The largest absolute Gasteiger partial charge is 0.478 e. The van der Waals surface area contributed by atoms with Gasteiger partial charge in [-0.2, -0.15) is 0 Å². The second-order valence-electron chi connectivity index (χ2n) is 4.68. The smallest absolute Gasteiger partial charge is 0.337 e. The first-order valence-corrected chi connectivity index (χ1v) is 6.11. The molecule has 0 radical (unpaired) electrons. The summed E-state index contributed by atoms with van der Waals surface area (Å²) in [7, 11) is 0. The number of imidazole rings is 1. The maximum absolute atomic E-state index is 11.2. The van der Waals surface area contributed by atoms with Crippen molar-refractivity contribution in [2.75, 3.05) is 0 Å². The second kappa shape index (κ2) is 4.38. The van der Waals surface area contributed by atoms with Crippen LogP contribution in [0, 0.1) is 0 Å². The molecule has 1 atom stereocenters. The van der Waals surface area contributed by atoms with Crippen LogP contribution >= 0.6 is 0 Å². The molecule has 1 aliphatic heterocycles. The summed E-state index contributed by atoms with van der Waals surface area (Å²) < 4.78 is 1.80. The molecule has 0 aliphatic carbocycles. The molecule has 1 fully saturated rings. The lowest BCUT2D eigenvalue weighted by atomic mass is 10.1. The number of para-hydroxylation sites is 1. The molecule has 0 spiro atoms. The van der Waals surface area contributed by atoms with Crippen molar-refractivity contribution in [3.05, 3.63) is 30.1 Å². The van der Waals surface area contributed by atoms with Gasteiger partial charge in [-0.15, -0.1) is 0 Å². The predicted molar refractivity (Wildman–Crippen MR) is 67.9 cm³/mol. The Morgan fingerprint density at radius 1 is 1.53 bits per heavy atom. The molecule has 0 saturated carbocycles. The first kappa shape index (κ1) is 11.7. The molecule has 98 valence electrons. The fraction of sp³-hybridized carbons (Fsp3) is 0.308. The van der Waals surface area contributed by atoms with E-state index in [2.05, 4.69) is 10.3 Å². The zero-order valence-electron chi connectivity index (χ0n) is 10.2. The molecule has 2 aromatic rings. The Bertz CT molecular complexity index is 662. The van der Waals surface area contributed by atoms with Gasteiger partial charge >= 0.3 is 5.97 Å². The molecule has 0 bridgehead atoms. The highest BCUT2D eigenvalue weighted by Crippen LogP contribution is 2.20. The number of carbonyl (C=O) groups excluding carboxylic acids is 1. The fourth-order valence-electron chi connectivity index (χ4n) is 2.49. The van der Waals surface area contributed by atoms with Crippen molar-refractivity contribution >= 4 is 22.9 Å². The van der Waals surface area contributed by atoms with Crippen molar-refractivity contribution in [1.29, 1.82) is 0 Å². The number of aromatic carboxylic acids is 1. The lowest BCUT2D eigenvalue weighted by Gasteiger charge is -2.12. The van der Waals surface area contributed by atoms with Crippen molar-refractivity contribution in [1.82, 2.24) is 14.9 Å². The average molecular weight is 259 g/mol. The Morgan fingerprint density at radius 2 is 2.37 bits per heavy atom. The molecular weight excluding hydrogens is 246 g/mol. The first-order chi connectivity index (χ1) is 9.15. The van der Waals surface area contributed by atoms with Gasteiger partial charge < -0.3 is 15.0 Å². The van der Waals surface area contributed by atoms with E-state index < -0.39 is 5.97 Å². The molecule has 3 rings (SSSR count). The van der Waals surface area contributed by atoms with Crippen molar-refractivity contribution < 1.29 is 14.7 Å². The van der Waals surface area contributed by atoms with Crippen LogP contribution in [-0.4, -0.2) is 32.6 Å². The predicted octanol–water partition coefficient (Wildman–Crippen LogP) is 1.01. The monoisotopic (exact) mass is 259 g/mol. The minimum absolute atomic E-state index is 0.0479. The number of carboxylic acid groups (broad SMARTS) is 1. The summed E-state index contributed by atoms with van der Waals surface area (Å²) in [5, 5.41) is 12.1. The van der Waals surface area contributed by atoms with Crippen LogP contribution in [0.3, 0.4) is 0 Å². The van der Waals surface area contributed by atoms with Crippen LogP contribution in [-0.2, 0) is 11.3 Å². The normalized spacial score (nSPS) is 18.7. The van der Waals surface area contributed by atoms with Gasteiger partial charge in [-0.25, -0.2) is 9.78 Å². The lowest BCUT2D eigenvalue weighted by Crippen LogP contribution is -2.29. The summed E-state index contributed by atoms with van der Waals surface area (Å²) in [5.41, 5.74) is 1.50. The summed E-state index contributed by atoms with van der Waals surface area (Å²) in [5.74, 6) is -0.921. The Hall–Kier alpha value is -2.37. The van der Waals surface area contributed by atoms with E-state index in [0.29, 0.717) is 24.0 Å². The molecular formula is C13H13N3O3. The van der Waals surface area contributed by atoms with E-state index in [1.54, 1.807) is 29.1 Å². The number of hydrogen-bond donors (Lipinski definition) is 2. The number of fused-ring (bicyclic) bond motifs is 1. The molecule has 2 N–H and O–H groups in total. The van der Waals surface area contributed by atoms with Gasteiger partial charge in [-0.3, -0.25) is 4.79 Å². The Kier molecular flexibility index (Phi) is 2.70. The number of nitrogens with zero attached hydrogens (tertiary/aromatic N) is 2. The number of aromatic nitrogens is 2. The number of rotatable bonds is 3. The topological polar surface area (TPSA) is 84.2 Å². The number of carbonyl (C=O) groups is 2. The number of hydrogen-bond acceptors (Lipinski definition) is 3. The van der Waals surface area contributed by atoms with Gasteiger partial charge in [0.25, 0.3) is 0 Å². The van der Waals surface area contributed by atoms with E-state index in [1.165, 1.54) is 0 Å². The molecule has 1 saturated heterocycles. The third-order valence-corrected chi connectivity index (χ3v) is 3.37. The van der Waals surface area contributed by atoms with Crippen molar-refractivity contribution in [3.63, 3.8) is 0 Å². The summed E-state index contributed by atoms with van der Waals surface area (Å²) in [6, 6.07) is 5.08. The van der Waals surface area contributed by atoms with E-state index in [-0.39, 0.29) is 17.5 Å². The second-order valence-corrected chi connectivity index (χ2v) is 4.68. The standard InChI is InChI=1S/C13H13N3O3/c17-11-5-4-8(15-11)6-16-7-14-10-3-1-2-9(12(10)16)13(18)19/h1-3,7-8H,4-6H2,(H,15,17)(H,18,19). The minimum atomic E-state index is -0.970. The van der Waals surface area contributed by atoms with Crippen molar-refractivity contribution in [2.24, 2.45) is 0 Å².